The second-order valence-corrected chi connectivity index (χ2v) is 7.42. The van der Waals surface area contributed by atoms with E-state index in [4.69, 9.17) is 9.84 Å². The summed E-state index contributed by atoms with van der Waals surface area (Å²) in [5, 5.41) is 8.71. The molecule has 0 aromatic heterocycles. The van der Waals surface area contributed by atoms with E-state index >= 15 is 0 Å². The summed E-state index contributed by atoms with van der Waals surface area (Å²) in [5.41, 5.74) is 0.989. The first kappa shape index (κ1) is 24.2. The van der Waals surface area contributed by atoms with Crippen LogP contribution in [0.5, 0.6) is 0 Å². The number of carbonyl (C=O) groups excluding carboxylic acids is 1. The molecule has 0 fully saturated rings. The number of rotatable bonds is 18. The maximum absolute atomic E-state index is 11.3. The van der Waals surface area contributed by atoms with Crippen LogP contribution < -0.4 is 0 Å². The van der Waals surface area contributed by atoms with Gasteiger partial charge >= 0.3 is 5.97 Å². The Morgan fingerprint density at radius 1 is 0.680 bits per heavy atom. The Morgan fingerprint density at radius 2 is 1.04 bits per heavy atom. The number of hydrogen-bond acceptors (Lipinski definition) is 3. The van der Waals surface area contributed by atoms with Gasteiger partial charge < -0.3 is 9.84 Å². The van der Waals surface area contributed by atoms with Crippen LogP contribution in [-0.2, 0) is 9.53 Å². The van der Waals surface area contributed by atoms with E-state index in [9.17, 15) is 4.79 Å². The lowest BCUT2D eigenvalue weighted by molar-refractivity contribution is -0.137. The summed E-state index contributed by atoms with van der Waals surface area (Å²) in [6.45, 7) is 4.72. The molecule has 3 nitrogen and oxygen atoms in total. The number of carbonyl (C=O) groups is 1. The Hall–Kier alpha value is -0.830. The monoisotopic (exact) mass is 354 g/mol. The van der Waals surface area contributed by atoms with Gasteiger partial charge in [0.1, 0.15) is 0 Å². The van der Waals surface area contributed by atoms with Gasteiger partial charge in [-0.15, -0.1) is 0 Å². The molecule has 148 valence electrons. The van der Waals surface area contributed by atoms with Crippen molar-refractivity contribution in [3.05, 3.63) is 11.6 Å². The maximum atomic E-state index is 11.3. The highest BCUT2D eigenvalue weighted by Gasteiger charge is 1.98. The molecule has 0 heterocycles. The number of esters is 1. The van der Waals surface area contributed by atoms with Crippen LogP contribution in [0.25, 0.3) is 0 Å². The first-order valence-electron chi connectivity index (χ1n) is 10.6. The third-order valence-corrected chi connectivity index (χ3v) is 4.45. The van der Waals surface area contributed by atoms with Crippen molar-refractivity contribution in [2.24, 2.45) is 0 Å². The molecule has 0 aromatic rings. The van der Waals surface area contributed by atoms with Crippen molar-refractivity contribution in [2.75, 3.05) is 13.2 Å². The second-order valence-electron chi connectivity index (χ2n) is 7.42. The molecule has 0 aliphatic carbocycles. The summed E-state index contributed by atoms with van der Waals surface area (Å²) in [7, 11) is 0. The first-order valence-corrected chi connectivity index (χ1v) is 10.6. The summed E-state index contributed by atoms with van der Waals surface area (Å²) >= 11 is 0. The number of ether oxygens (including phenoxy) is 1. The van der Waals surface area contributed by atoms with Gasteiger partial charge in [0.2, 0.25) is 0 Å². The van der Waals surface area contributed by atoms with Gasteiger partial charge in [0.25, 0.3) is 0 Å². The predicted molar refractivity (Wildman–Crippen MR) is 107 cm³/mol. The highest BCUT2D eigenvalue weighted by molar-refractivity contribution is 5.82. The average molecular weight is 355 g/mol. The normalized spacial score (nSPS) is 10.7. The zero-order chi connectivity index (χ0) is 18.6. The van der Waals surface area contributed by atoms with Crippen molar-refractivity contribution >= 4 is 5.97 Å². The van der Waals surface area contributed by atoms with Gasteiger partial charge in [-0.3, -0.25) is 0 Å². The zero-order valence-corrected chi connectivity index (χ0v) is 16.9. The Kier molecular flexibility index (Phi) is 18.8. The highest BCUT2D eigenvalue weighted by atomic mass is 16.5. The Labute approximate surface area is 156 Å². The average Bonchev–Trinajstić information content (AvgIpc) is 2.57. The van der Waals surface area contributed by atoms with Crippen LogP contribution >= 0.6 is 0 Å². The lowest BCUT2D eigenvalue weighted by Crippen LogP contribution is -2.02. The van der Waals surface area contributed by atoms with E-state index < -0.39 is 0 Å². The van der Waals surface area contributed by atoms with Crippen LogP contribution in [0, 0.1) is 0 Å². The molecular weight excluding hydrogens is 312 g/mol. The fourth-order valence-electron chi connectivity index (χ4n) is 2.96. The minimum atomic E-state index is -0.204. The summed E-state index contributed by atoms with van der Waals surface area (Å²) in [4.78, 5) is 11.3. The van der Waals surface area contributed by atoms with Crippen LogP contribution in [0.4, 0.5) is 0 Å². The number of hydrogen-bond donors (Lipinski definition) is 1. The predicted octanol–water partition coefficient (Wildman–Crippen LogP) is 6.34. The quantitative estimate of drug-likeness (QED) is 0.177. The van der Waals surface area contributed by atoms with E-state index in [1.54, 1.807) is 6.08 Å². The third kappa shape index (κ3) is 21.1. The number of aliphatic hydroxyl groups excluding tert-OH is 1. The van der Waals surface area contributed by atoms with Crippen molar-refractivity contribution in [3.63, 3.8) is 0 Å². The van der Waals surface area contributed by atoms with Crippen molar-refractivity contribution in [2.45, 2.75) is 110 Å². The zero-order valence-electron chi connectivity index (χ0n) is 16.9. The Balaban J connectivity index is 3.10. The molecule has 0 unspecified atom stereocenters. The largest absolute Gasteiger partial charge is 0.463 e. The molecule has 0 rings (SSSR count). The first-order chi connectivity index (χ1) is 12.2. The fraction of sp³-hybridized carbons (Fsp3) is 0.864. The van der Waals surface area contributed by atoms with Gasteiger partial charge in [-0.05, 0) is 26.7 Å². The molecule has 0 bridgehead atoms. The minimum Gasteiger partial charge on any atom is -0.463 e. The highest BCUT2D eigenvalue weighted by Crippen LogP contribution is 2.13. The Bertz CT molecular complexity index is 319. The Morgan fingerprint density at radius 3 is 1.40 bits per heavy atom. The van der Waals surface area contributed by atoms with E-state index in [0.29, 0.717) is 13.2 Å². The van der Waals surface area contributed by atoms with E-state index in [2.05, 4.69) is 0 Å². The lowest BCUT2D eigenvalue weighted by atomic mass is 10.0. The fourth-order valence-corrected chi connectivity index (χ4v) is 2.96. The molecule has 0 spiro atoms. The molecule has 0 amide bonds. The summed E-state index contributed by atoms with van der Waals surface area (Å²) < 4.78 is 5.15. The van der Waals surface area contributed by atoms with E-state index in [1.165, 1.54) is 83.5 Å². The van der Waals surface area contributed by atoms with Gasteiger partial charge in [-0.2, -0.15) is 0 Å². The van der Waals surface area contributed by atoms with Crippen LogP contribution in [0.15, 0.2) is 11.6 Å². The van der Waals surface area contributed by atoms with Crippen molar-refractivity contribution in [1.29, 1.82) is 0 Å². The molecular formula is C22H42O3. The van der Waals surface area contributed by atoms with Gasteiger partial charge in [0.05, 0.1) is 6.61 Å². The molecule has 1 N–H and O–H groups in total. The molecule has 0 atom stereocenters. The topological polar surface area (TPSA) is 46.5 Å². The number of unbranched alkanes of at least 4 members (excludes halogenated alkanes) is 14. The van der Waals surface area contributed by atoms with E-state index in [-0.39, 0.29) is 5.97 Å². The van der Waals surface area contributed by atoms with Gasteiger partial charge in [-0.25, -0.2) is 4.79 Å². The SMILES string of the molecule is CC(C)=CC(=O)OCCCCCCCCCCCCCCCCCO. The molecule has 0 radical (unpaired) electrons. The summed E-state index contributed by atoms with van der Waals surface area (Å²) in [6.07, 6.45) is 20.7. The number of aliphatic hydroxyl groups is 1. The van der Waals surface area contributed by atoms with Crippen LogP contribution in [0.2, 0.25) is 0 Å². The van der Waals surface area contributed by atoms with Crippen LogP contribution in [-0.4, -0.2) is 24.3 Å². The molecule has 0 aromatic carbocycles. The maximum Gasteiger partial charge on any atom is 0.330 e. The van der Waals surface area contributed by atoms with Crippen LogP contribution in [0.1, 0.15) is 110 Å². The standard InChI is InChI=1S/C22H42O3/c1-21(2)20-22(24)25-19-17-15-13-11-9-7-5-3-4-6-8-10-12-14-16-18-23/h20,23H,3-19H2,1-2H3. The van der Waals surface area contributed by atoms with Crippen molar-refractivity contribution < 1.29 is 14.6 Å². The molecule has 0 saturated heterocycles. The number of allylic oxidation sites excluding steroid dienone is 1. The van der Waals surface area contributed by atoms with Crippen molar-refractivity contribution in [3.8, 4) is 0 Å². The third-order valence-electron chi connectivity index (χ3n) is 4.45. The molecule has 25 heavy (non-hydrogen) atoms. The van der Waals surface area contributed by atoms with Gasteiger partial charge in [0, 0.05) is 12.7 Å². The summed E-state index contributed by atoms with van der Waals surface area (Å²) in [5.74, 6) is -0.204. The van der Waals surface area contributed by atoms with E-state index in [1.807, 2.05) is 13.8 Å². The van der Waals surface area contributed by atoms with E-state index in [0.717, 1.165) is 18.4 Å². The molecule has 0 aliphatic heterocycles. The van der Waals surface area contributed by atoms with Crippen LogP contribution in [0.3, 0.4) is 0 Å². The minimum absolute atomic E-state index is 0.204. The van der Waals surface area contributed by atoms with Gasteiger partial charge in [0.15, 0.2) is 0 Å². The van der Waals surface area contributed by atoms with Crippen molar-refractivity contribution in [1.82, 2.24) is 0 Å². The smallest absolute Gasteiger partial charge is 0.330 e. The van der Waals surface area contributed by atoms with Gasteiger partial charge in [-0.1, -0.05) is 89.0 Å². The molecule has 3 heteroatoms. The summed E-state index contributed by atoms with van der Waals surface area (Å²) in [6, 6.07) is 0. The molecule has 0 aliphatic rings. The lowest BCUT2D eigenvalue weighted by Gasteiger charge is -2.04. The second kappa shape index (κ2) is 19.5. The molecule has 0 saturated carbocycles.